The van der Waals surface area contributed by atoms with Crippen molar-refractivity contribution in [1.82, 2.24) is 20.2 Å². The molecule has 20 heavy (non-hydrogen) atoms. The highest BCUT2D eigenvalue weighted by atomic mass is 15.3. The predicted molar refractivity (Wildman–Crippen MR) is 80.0 cm³/mol. The Kier molecular flexibility index (Phi) is 4.87. The number of rotatable bonds is 6. The number of nitrogens with two attached hydrogens (primary N) is 1. The van der Waals surface area contributed by atoms with Gasteiger partial charge in [0.2, 0.25) is 0 Å². The predicted octanol–water partition coefficient (Wildman–Crippen LogP) is 2.05. The van der Waals surface area contributed by atoms with Gasteiger partial charge in [0.15, 0.2) is 0 Å². The third-order valence-corrected chi connectivity index (χ3v) is 3.53. The van der Waals surface area contributed by atoms with E-state index in [0.717, 1.165) is 25.2 Å². The Hall–Kier alpha value is -1.72. The Labute approximate surface area is 120 Å². The van der Waals surface area contributed by atoms with Crippen molar-refractivity contribution in [2.75, 3.05) is 0 Å². The van der Waals surface area contributed by atoms with E-state index in [1.807, 2.05) is 4.68 Å². The molecule has 5 nitrogen and oxygen atoms in total. The third kappa shape index (κ3) is 3.23. The second-order valence-corrected chi connectivity index (χ2v) is 5.18. The lowest BCUT2D eigenvalue weighted by molar-refractivity contribution is 0.497. The number of nitrogens with zero attached hydrogens (tertiary/aromatic N) is 3. The van der Waals surface area contributed by atoms with Crippen LogP contribution in [0.25, 0.3) is 0 Å². The topological polar surface area (TPSA) is 68.8 Å². The van der Waals surface area contributed by atoms with Gasteiger partial charge >= 0.3 is 0 Å². The van der Waals surface area contributed by atoms with Crippen LogP contribution in [0, 0.1) is 13.8 Å². The number of hydrogen-bond donors (Lipinski definition) is 2. The molecule has 1 atom stereocenters. The fourth-order valence-electron chi connectivity index (χ4n) is 2.42. The SMILES string of the molecule is CCCn1ncnc1CC(NN)c1cc(C)ccc1C. The van der Waals surface area contributed by atoms with Crippen molar-refractivity contribution in [3.63, 3.8) is 0 Å². The van der Waals surface area contributed by atoms with Crippen molar-refractivity contribution < 1.29 is 0 Å². The third-order valence-electron chi connectivity index (χ3n) is 3.53. The first-order valence-corrected chi connectivity index (χ1v) is 7.05. The highest BCUT2D eigenvalue weighted by Gasteiger charge is 2.16. The van der Waals surface area contributed by atoms with Crippen molar-refractivity contribution in [2.45, 2.75) is 46.2 Å². The molecule has 0 radical (unpaired) electrons. The number of aryl methyl sites for hydroxylation is 3. The smallest absolute Gasteiger partial charge is 0.138 e. The quantitative estimate of drug-likeness (QED) is 0.624. The Balaban J connectivity index is 2.24. The van der Waals surface area contributed by atoms with Crippen molar-refractivity contribution in [3.8, 4) is 0 Å². The number of hydrazine groups is 1. The highest BCUT2D eigenvalue weighted by Crippen LogP contribution is 2.21. The summed E-state index contributed by atoms with van der Waals surface area (Å²) in [6, 6.07) is 6.48. The van der Waals surface area contributed by atoms with Crippen LogP contribution >= 0.6 is 0 Å². The molecule has 5 heteroatoms. The first kappa shape index (κ1) is 14.7. The average molecular weight is 273 g/mol. The minimum absolute atomic E-state index is 0.0507. The molecular formula is C15H23N5. The second kappa shape index (κ2) is 6.63. The standard InChI is InChI=1S/C15H23N5/c1-4-7-20-15(17-10-18-20)9-14(19-16)13-8-11(2)5-6-12(13)3/h5-6,8,10,14,19H,4,7,9,16H2,1-3H3. The van der Waals surface area contributed by atoms with Crippen LogP contribution in [0.5, 0.6) is 0 Å². The van der Waals surface area contributed by atoms with Gasteiger partial charge in [0, 0.05) is 13.0 Å². The summed E-state index contributed by atoms with van der Waals surface area (Å²) in [4.78, 5) is 4.36. The molecule has 0 amide bonds. The molecule has 1 heterocycles. The van der Waals surface area contributed by atoms with Crippen molar-refractivity contribution in [2.24, 2.45) is 5.84 Å². The molecule has 0 aliphatic rings. The summed E-state index contributed by atoms with van der Waals surface area (Å²) < 4.78 is 1.95. The Bertz CT molecular complexity index is 561. The Morgan fingerprint density at radius 2 is 2.15 bits per heavy atom. The van der Waals surface area contributed by atoms with Gasteiger partial charge in [0.05, 0.1) is 6.04 Å². The largest absolute Gasteiger partial charge is 0.271 e. The van der Waals surface area contributed by atoms with E-state index in [0.29, 0.717) is 0 Å². The number of nitrogens with one attached hydrogen (secondary N) is 1. The van der Waals surface area contributed by atoms with Crippen LogP contribution in [0.1, 0.15) is 41.9 Å². The maximum absolute atomic E-state index is 5.76. The normalized spacial score (nSPS) is 12.6. The van der Waals surface area contributed by atoms with Crippen LogP contribution < -0.4 is 11.3 Å². The van der Waals surface area contributed by atoms with E-state index in [4.69, 9.17) is 5.84 Å². The van der Waals surface area contributed by atoms with Gasteiger partial charge in [-0.05, 0) is 31.4 Å². The summed E-state index contributed by atoms with van der Waals surface area (Å²) in [5.74, 6) is 6.73. The molecule has 0 saturated heterocycles. The van der Waals surface area contributed by atoms with Gasteiger partial charge in [0.25, 0.3) is 0 Å². The number of hydrogen-bond acceptors (Lipinski definition) is 4. The lowest BCUT2D eigenvalue weighted by atomic mass is 9.97. The molecule has 2 aromatic rings. The van der Waals surface area contributed by atoms with E-state index in [-0.39, 0.29) is 6.04 Å². The van der Waals surface area contributed by atoms with Crippen LogP contribution in [-0.4, -0.2) is 14.8 Å². The number of aromatic nitrogens is 3. The summed E-state index contributed by atoms with van der Waals surface area (Å²) >= 11 is 0. The molecule has 0 bridgehead atoms. The number of benzene rings is 1. The van der Waals surface area contributed by atoms with Crippen molar-refractivity contribution in [1.29, 1.82) is 0 Å². The summed E-state index contributed by atoms with van der Waals surface area (Å²) in [6.45, 7) is 7.22. The van der Waals surface area contributed by atoms with E-state index in [1.165, 1.54) is 16.7 Å². The monoisotopic (exact) mass is 273 g/mol. The van der Waals surface area contributed by atoms with E-state index >= 15 is 0 Å². The van der Waals surface area contributed by atoms with Gasteiger partial charge in [-0.15, -0.1) is 0 Å². The zero-order chi connectivity index (χ0) is 14.5. The molecule has 1 unspecified atom stereocenters. The van der Waals surface area contributed by atoms with E-state index < -0.39 is 0 Å². The molecule has 0 fully saturated rings. The minimum atomic E-state index is 0.0507. The molecule has 0 aliphatic carbocycles. The molecule has 2 rings (SSSR count). The highest BCUT2D eigenvalue weighted by molar-refractivity contribution is 5.33. The molecule has 1 aromatic heterocycles. The van der Waals surface area contributed by atoms with Gasteiger partial charge in [-0.3, -0.25) is 16.0 Å². The van der Waals surface area contributed by atoms with Crippen LogP contribution in [0.4, 0.5) is 0 Å². The van der Waals surface area contributed by atoms with Crippen LogP contribution in [0.2, 0.25) is 0 Å². The van der Waals surface area contributed by atoms with Crippen molar-refractivity contribution >= 4 is 0 Å². The van der Waals surface area contributed by atoms with Crippen LogP contribution in [0.3, 0.4) is 0 Å². The summed E-state index contributed by atoms with van der Waals surface area (Å²) in [5.41, 5.74) is 6.61. The van der Waals surface area contributed by atoms with Crippen molar-refractivity contribution in [3.05, 3.63) is 47.0 Å². The summed E-state index contributed by atoms with van der Waals surface area (Å²) in [5, 5.41) is 4.26. The maximum Gasteiger partial charge on any atom is 0.138 e. The minimum Gasteiger partial charge on any atom is -0.271 e. The zero-order valence-corrected chi connectivity index (χ0v) is 12.4. The lowest BCUT2D eigenvalue weighted by Gasteiger charge is -2.19. The average Bonchev–Trinajstić information content (AvgIpc) is 2.87. The molecular weight excluding hydrogens is 250 g/mol. The van der Waals surface area contributed by atoms with Gasteiger partial charge in [-0.1, -0.05) is 30.7 Å². The molecule has 0 saturated carbocycles. The van der Waals surface area contributed by atoms with Gasteiger partial charge in [0.1, 0.15) is 12.2 Å². The maximum atomic E-state index is 5.76. The van der Waals surface area contributed by atoms with Gasteiger partial charge in [-0.25, -0.2) is 4.98 Å². The first-order chi connectivity index (χ1) is 9.65. The summed E-state index contributed by atoms with van der Waals surface area (Å²) in [7, 11) is 0. The van der Waals surface area contributed by atoms with Gasteiger partial charge in [-0.2, -0.15) is 5.10 Å². The molecule has 108 valence electrons. The molecule has 3 N–H and O–H groups in total. The zero-order valence-electron chi connectivity index (χ0n) is 12.4. The Morgan fingerprint density at radius 1 is 1.35 bits per heavy atom. The fourth-order valence-corrected chi connectivity index (χ4v) is 2.42. The van der Waals surface area contributed by atoms with E-state index in [1.54, 1.807) is 6.33 Å². The summed E-state index contributed by atoms with van der Waals surface area (Å²) in [6.07, 6.45) is 3.39. The molecule has 0 spiro atoms. The molecule has 1 aromatic carbocycles. The fraction of sp³-hybridized carbons (Fsp3) is 0.467. The second-order valence-electron chi connectivity index (χ2n) is 5.18. The lowest BCUT2D eigenvalue weighted by Crippen LogP contribution is -2.31. The molecule has 0 aliphatic heterocycles. The Morgan fingerprint density at radius 3 is 2.85 bits per heavy atom. The van der Waals surface area contributed by atoms with E-state index in [9.17, 15) is 0 Å². The van der Waals surface area contributed by atoms with Crippen LogP contribution in [-0.2, 0) is 13.0 Å². The van der Waals surface area contributed by atoms with E-state index in [2.05, 4.69) is 54.5 Å². The van der Waals surface area contributed by atoms with Gasteiger partial charge < -0.3 is 0 Å². The first-order valence-electron chi connectivity index (χ1n) is 7.05. The van der Waals surface area contributed by atoms with Crippen LogP contribution in [0.15, 0.2) is 24.5 Å².